The molecule has 0 aromatic heterocycles. The Balaban J connectivity index is 1.13. The van der Waals surface area contributed by atoms with Gasteiger partial charge in [0, 0.05) is 48.4 Å². The summed E-state index contributed by atoms with van der Waals surface area (Å²) in [7, 11) is 0. The lowest BCUT2D eigenvalue weighted by Gasteiger charge is -2.42. The second-order valence-corrected chi connectivity index (χ2v) is 11.5. The summed E-state index contributed by atoms with van der Waals surface area (Å²) in [5.74, 6) is -0.0162. The van der Waals surface area contributed by atoms with Crippen LogP contribution in [0.4, 0.5) is 10.5 Å². The van der Waals surface area contributed by atoms with Crippen LogP contribution in [0.1, 0.15) is 60.7 Å². The maximum absolute atomic E-state index is 12.6. The summed E-state index contributed by atoms with van der Waals surface area (Å²) >= 11 is 0. The first-order chi connectivity index (χ1) is 17.2. The Morgan fingerprint density at radius 1 is 1.00 bits per heavy atom. The number of piperazine rings is 1. The van der Waals surface area contributed by atoms with E-state index in [0.29, 0.717) is 6.54 Å². The minimum Gasteiger partial charge on any atom is -0.444 e. The Hall–Kier alpha value is -3.38. The number of nitrogens with one attached hydrogen (secondary N) is 1. The zero-order chi connectivity index (χ0) is 25.1. The molecule has 6 nitrogen and oxygen atoms in total. The Kier molecular flexibility index (Phi) is 5.34. The van der Waals surface area contributed by atoms with Gasteiger partial charge in [0.2, 0.25) is 0 Å². The van der Waals surface area contributed by atoms with E-state index in [1.807, 2.05) is 43.9 Å². The van der Waals surface area contributed by atoms with Crippen molar-refractivity contribution in [2.75, 3.05) is 25.0 Å². The highest BCUT2D eigenvalue weighted by molar-refractivity contribution is 6.24. The molecule has 0 radical (unpaired) electrons. The summed E-state index contributed by atoms with van der Waals surface area (Å²) in [5, 5.41) is 5.15. The zero-order valence-electron chi connectivity index (χ0n) is 21.3. The molecule has 2 heterocycles. The van der Waals surface area contributed by atoms with Crippen LogP contribution >= 0.6 is 0 Å². The number of ether oxygens (including phenoxy) is 1. The van der Waals surface area contributed by atoms with Gasteiger partial charge in [0.15, 0.2) is 0 Å². The molecule has 2 aliphatic heterocycles. The molecule has 6 rings (SSSR count). The highest BCUT2D eigenvalue weighted by atomic mass is 16.6. The van der Waals surface area contributed by atoms with Crippen molar-refractivity contribution < 1.29 is 14.3 Å². The normalized spacial score (nSPS) is 18.5. The van der Waals surface area contributed by atoms with Crippen molar-refractivity contribution in [1.82, 2.24) is 9.80 Å². The number of hydrogen-bond donors (Lipinski definition) is 1. The van der Waals surface area contributed by atoms with Crippen LogP contribution in [0, 0.1) is 0 Å². The van der Waals surface area contributed by atoms with E-state index >= 15 is 0 Å². The lowest BCUT2D eigenvalue weighted by Crippen LogP contribution is -2.56. The maximum Gasteiger partial charge on any atom is 0.410 e. The monoisotopic (exact) mass is 483 g/mol. The molecule has 1 N–H and O–H groups in total. The molecule has 1 saturated carbocycles. The molecule has 3 aliphatic rings. The smallest absolute Gasteiger partial charge is 0.410 e. The summed E-state index contributed by atoms with van der Waals surface area (Å²) in [5.41, 5.74) is 5.09. The van der Waals surface area contributed by atoms with Crippen LogP contribution in [0.5, 0.6) is 0 Å². The molecule has 3 aromatic rings. The summed E-state index contributed by atoms with van der Waals surface area (Å²) in [4.78, 5) is 29.3. The van der Waals surface area contributed by atoms with Crippen molar-refractivity contribution in [1.29, 1.82) is 0 Å². The first-order valence-electron chi connectivity index (χ1n) is 12.9. The lowest BCUT2D eigenvalue weighted by atomic mass is 9.95. The van der Waals surface area contributed by atoms with Crippen LogP contribution < -0.4 is 5.32 Å². The van der Waals surface area contributed by atoms with Crippen molar-refractivity contribution in [3.63, 3.8) is 0 Å². The van der Waals surface area contributed by atoms with E-state index in [4.69, 9.17) is 4.74 Å². The Bertz CT molecular complexity index is 1350. The van der Waals surface area contributed by atoms with Crippen LogP contribution in [0.15, 0.2) is 54.6 Å². The van der Waals surface area contributed by atoms with Crippen LogP contribution in [0.3, 0.4) is 0 Å². The largest absolute Gasteiger partial charge is 0.444 e. The SMILES string of the molecule is CC(C)(C)OC(=O)N1CCN(Cc2ccc(Cc3ccc4c5c(cccc35)C(=O)N4)cc2)C2(CC2)C1. The van der Waals surface area contributed by atoms with Crippen molar-refractivity contribution in [2.24, 2.45) is 0 Å². The summed E-state index contributed by atoms with van der Waals surface area (Å²) in [6.07, 6.45) is 2.90. The van der Waals surface area contributed by atoms with Gasteiger partial charge in [-0.2, -0.15) is 0 Å². The fourth-order valence-corrected chi connectivity index (χ4v) is 5.67. The summed E-state index contributed by atoms with van der Waals surface area (Å²) in [6.45, 7) is 8.98. The Morgan fingerprint density at radius 2 is 1.75 bits per heavy atom. The fraction of sp³-hybridized carbons (Fsp3) is 0.400. The first kappa shape index (κ1) is 23.0. The third-order valence-corrected chi connectivity index (χ3v) is 7.69. The van der Waals surface area contributed by atoms with Crippen molar-refractivity contribution in [3.8, 4) is 0 Å². The molecular formula is C30H33N3O3. The molecule has 1 aliphatic carbocycles. The van der Waals surface area contributed by atoms with E-state index in [1.165, 1.54) is 16.7 Å². The third kappa shape index (κ3) is 4.24. The van der Waals surface area contributed by atoms with Gasteiger partial charge in [0.25, 0.3) is 5.91 Å². The molecule has 2 fully saturated rings. The highest BCUT2D eigenvalue weighted by Gasteiger charge is 2.52. The minimum absolute atomic E-state index is 0.0162. The lowest BCUT2D eigenvalue weighted by molar-refractivity contribution is -0.00239. The molecule has 6 heteroatoms. The summed E-state index contributed by atoms with van der Waals surface area (Å²) < 4.78 is 5.61. The number of anilines is 1. The molecule has 0 unspecified atom stereocenters. The number of carbonyl (C=O) groups is 2. The standard InChI is InChI=1S/C30H33N3O3/c1-29(2,3)36-28(35)32-15-16-33(30(19-32)13-14-30)18-21-9-7-20(8-10-21)17-22-11-12-25-26-23(22)5-4-6-24(26)27(34)31-25/h4-12H,13-19H2,1-3H3,(H,31,34). The maximum atomic E-state index is 12.6. The molecule has 0 atom stereocenters. The van der Waals surface area contributed by atoms with Crippen molar-refractivity contribution in [3.05, 3.63) is 76.9 Å². The molecule has 1 saturated heterocycles. The first-order valence-corrected chi connectivity index (χ1v) is 12.9. The van der Waals surface area contributed by atoms with Crippen molar-refractivity contribution >= 4 is 28.5 Å². The number of benzene rings is 3. The Labute approximate surface area is 212 Å². The molecule has 1 spiro atoms. The molecule has 36 heavy (non-hydrogen) atoms. The topological polar surface area (TPSA) is 61.9 Å². The zero-order valence-corrected chi connectivity index (χ0v) is 21.3. The summed E-state index contributed by atoms with van der Waals surface area (Å²) in [6, 6.07) is 19.0. The fourth-order valence-electron chi connectivity index (χ4n) is 5.67. The van der Waals surface area contributed by atoms with Crippen LogP contribution in [0.2, 0.25) is 0 Å². The van der Waals surface area contributed by atoms with E-state index in [1.54, 1.807) is 0 Å². The van der Waals surface area contributed by atoms with E-state index < -0.39 is 5.60 Å². The van der Waals surface area contributed by atoms with E-state index in [0.717, 1.165) is 60.9 Å². The van der Waals surface area contributed by atoms with Gasteiger partial charge in [0.1, 0.15) is 5.60 Å². The van der Waals surface area contributed by atoms with Gasteiger partial charge in [-0.1, -0.05) is 42.5 Å². The van der Waals surface area contributed by atoms with Gasteiger partial charge in [-0.15, -0.1) is 0 Å². The van der Waals surface area contributed by atoms with Gasteiger partial charge in [-0.05, 0) is 74.2 Å². The van der Waals surface area contributed by atoms with E-state index in [2.05, 4.69) is 46.6 Å². The van der Waals surface area contributed by atoms with Crippen LogP contribution in [0.25, 0.3) is 10.8 Å². The quantitative estimate of drug-likeness (QED) is 0.526. The second-order valence-electron chi connectivity index (χ2n) is 11.5. The average molecular weight is 484 g/mol. The Morgan fingerprint density at radius 3 is 2.47 bits per heavy atom. The third-order valence-electron chi connectivity index (χ3n) is 7.69. The van der Waals surface area contributed by atoms with Gasteiger partial charge in [0.05, 0.1) is 0 Å². The molecule has 2 amide bonds. The van der Waals surface area contributed by atoms with Gasteiger partial charge >= 0.3 is 6.09 Å². The van der Waals surface area contributed by atoms with E-state index in [9.17, 15) is 9.59 Å². The number of rotatable bonds is 4. The molecule has 0 bridgehead atoms. The van der Waals surface area contributed by atoms with Gasteiger partial charge < -0.3 is 15.0 Å². The molecule has 186 valence electrons. The molecular weight excluding hydrogens is 450 g/mol. The molecule has 3 aromatic carbocycles. The number of amides is 2. The number of hydrogen-bond acceptors (Lipinski definition) is 4. The van der Waals surface area contributed by atoms with E-state index in [-0.39, 0.29) is 17.5 Å². The van der Waals surface area contributed by atoms with Crippen molar-refractivity contribution in [2.45, 2.75) is 57.7 Å². The average Bonchev–Trinajstić information content (AvgIpc) is 3.53. The van der Waals surface area contributed by atoms with Gasteiger partial charge in [-0.3, -0.25) is 9.69 Å². The van der Waals surface area contributed by atoms with Crippen LogP contribution in [-0.2, 0) is 17.7 Å². The minimum atomic E-state index is -0.464. The predicted octanol–water partition coefficient (Wildman–Crippen LogP) is 5.58. The van der Waals surface area contributed by atoms with Crippen LogP contribution in [-0.4, -0.2) is 52.6 Å². The highest BCUT2D eigenvalue weighted by Crippen LogP contribution is 2.45. The van der Waals surface area contributed by atoms with Gasteiger partial charge in [-0.25, -0.2) is 4.79 Å². The second kappa shape index (κ2) is 8.34. The number of carbonyl (C=O) groups excluding carboxylic acids is 2. The number of nitrogens with zero attached hydrogens (tertiary/aromatic N) is 2. The predicted molar refractivity (Wildman–Crippen MR) is 141 cm³/mol.